The minimum atomic E-state index is -1.12. The highest BCUT2D eigenvalue weighted by Crippen LogP contribution is 2.32. The molecule has 0 radical (unpaired) electrons. The van der Waals surface area contributed by atoms with Gasteiger partial charge < -0.3 is 15.7 Å². The van der Waals surface area contributed by atoms with Gasteiger partial charge in [0.05, 0.1) is 5.92 Å². The number of hydrogen-bond acceptors (Lipinski definition) is 2. The Hall–Kier alpha value is -2.04. The normalized spacial score (nSPS) is 12.3. The third-order valence-corrected chi connectivity index (χ3v) is 3.63. The molecular formula is C17H26N2O3. The Morgan fingerprint density at radius 1 is 1.05 bits per heavy atom. The van der Waals surface area contributed by atoms with Gasteiger partial charge in [-0.15, -0.1) is 0 Å². The summed E-state index contributed by atoms with van der Waals surface area (Å²) in [5.74, 6) is -0.0250. The van der Waals surface area contributed by atoms with Crippen molar-refractivity contribution in [2.75, 3.05) is 11.9 Å². The topological polar surface area (TPSA) is 78.4 Å². The first-order valence-corrected chi connectivity index (χ1v) is 7.64. The first-order valence-electron chi connectivity index (χ1n) is 7.64. The Kier molecular flexibility index (Phi) is 6.40. The zero-order valence-electron chi connectivity index (χ0n) is 13.9. The van der Waals surface area contributed by atoms with Crippen LogP contribution in [-0.2, 0) is 4.79 Å². The van der Waals surface area contributed by atoms with Gasteiger partial charge in [0, 0.05) is 12.2 Å². The van der Waals surface area contributed by atoms with E-state index in [1.54, 1.807) is 6.92 Å². The Morgan fingerprint density at radius 2 is 1.55 bits per heavy atom. The van der Waals surface area contributed by atoms with E-state index in [0.29, 0.717) is 11.8 Å². The van der Waals surface area contributed by atoms with Gasteiger partial charge in [0.2, 0.25) is 5.91 Å². The molecule has 0 spiro atoms. The summed E-state index contributed by atoms with van der Waals surface area (Å²) in [4.78, 5) is 22.9. The molecule has 0 aliphatic carbocycles. The summed E-state index contributed by atoms with van der Waals surface area (Å²) in [6.07, 6.45) is -1.12. The van der Waals surface area contributed by atoms with Gasteiger partial charge in [0.1, 0.15) is 0 Å². The molecule has 0 fully saturated rings. The van der Waals surface area contributed by atoms with Crippen LogP contribution in [0.5, 0.6) is 0 Å². The quantitative estimate of drug-likeness (QED) is 0.748. The maximum absolute atomic E-state index is 12.3. The Labute approximate surface area is 132 Å². The fraction of sp³-hybridized carbons (Fsp3) is 0.529. The Balaban J connectivity index is 3.00. The molecule has 0 bridgehead atoms. The zero-order valence-corrected chi connectivity index (χ0v) is 13.9. The monoisotopic (exact) mass is 306 g/mol. The van der Waals surface area contributed by atoms with Crippen LogP contribution < -0.4 is 10.6 Å². The second-order valence-electron chi connectivity index (χ2n) is 6.20. The van der Waals surface area contributed by atoms with Crippen LogP contribution in [-0.4, -0.2) is 23.7 Å². The van der Waals surface area contributed by atoms with Gasteiger partial charge >= 0.3 is 6.09 Å². The number of hydrogen-bond donors (Lipinski definition) is 3. The number of amides is 2. The van der Waals surface area contributed by atoms with Crippen molar-refractivity contribution in [2.45, 2.75) is 46.5 Å². The van der Waals surface area contributed by atoms with Gasteiger partial charge in [0.15, 0.2) is 0 Å². The summed E-state index contributed by atoms with van der Waals surface area (Å²) in [5.41, 5.74) is 3.05. The molecule has 5 heteroatoms. The maximum atomic E-state index is 12.3. The molecule has 0 aliphatic heterocycles. The van der Waals surface area contributed by atoms with Gasteiger partial charge in [0.25, 0.3) is 0 Å². The average molecular weight is 306 g/mol. The van der Waals surface area contributed by atoms with Gasteiger partial charge in [-0.05, 0) is 23.0 Å². The summed E-state index contributed by atoms with van der Waals surface area (Å²) in [6.45, 7) is 10.2. The molecule has 1 unspecified atom stereocenters. The smallest absolute Gasteiger partial charge is 0.404 e. The van der Waals surface area contributed by atoms with Crippen LogP contribution >= 0.6 is 0 Å². The second kappa shape index (κ2) is 7.82. The number of carbonyl (C=O) groups excluding carboxylic acids is 1. The summed E-state index contributed by atoms with van der Waals surface area (Å²) < 4.78 is 0. The number of carboxylic acid groups (broad SMARTS) is 1. The van der Waals surface area contributed by atoms with E-state index in [0.717, 1.165) is 16.8 Å². The number of rotatable bonds is 6. The molecule has 5 nitrogen and oxygen atoms in total. The molecule has 1 atom stereocenters. The van der Waals surface area contributed by atoms with Crippen molar-refractivity contribution < 1.29 is 14.7 Å². The predicted molar refractivity (Wildman–Crippen MR) is 88.4 cm³/mol. The van der Waals surface area contributed by atoms with E-state index in [1.807, 2.05) is 18.2 Å². The van der Waals surface area contributed by atoms with Crippen LogP contribution in [0.2, 0.25) is 0 Å². The lowest BCUT2D eigenvalue weighted by Gasteiger charge is -2.21. The molecule has 0 aromatic heterocycles. The zero-order chi connectivity index (χ0) is 16.9. The van der Waals surface area contributed by atoms with Crippen molar-refractivity contribution in [3.05, 3.63) is 29.3 Å². The third-order valence-electron chi connectivity index (χ3n) is 3.63. The summed E-state index contributed by atoms with van der Waals surface area (Å²) in [5, 5.41) is 13.9. The van der Waals surface area contributed by atoms with Crippen molar-refractivity contribution in [1.82, 2.24) is 5.32 Å². The highest BCUT2D eigenvalue weighted by atomic mass is 16.4. The average Bonchev–Trinajstić information content (AvgIpc) is 2.44. The Bertz CT molecular complexity index is 512. The van der Waals surface area contributed by atoms with Crippen LogP contribution in [0, 0.1) is 5.92 Å². The van der Waals surface area contributed by atoms with Crippen molar-refractivity contribution in [1.29, 1.82) is 0 Å². The van der Waals surface area contributed by atoms with E-state index in [2.05, 4.69) is 38.3 Å². The summed E-state index contributed by atoms with van der Waals surface area (Å²) in [6, 6.07) is 6.05. The third kappa shape index (κ3) is 4.76. The first-order chi connectivity index (χ1) is 10.2. The van der Waals surface area contributed by atoms with E-state index < -0.39 is 12.0 Å². The van der Waals surface area contributed by atoms with Crippen molar-refractivity contribution >= 4 is 17.7 Å². The molecule has 2 amide bonds. The lowest BCUT2D eigenvalue weighted by Crippen LogP contribution is -2.33. The lowest BCUT2D eigenvalue weighted by atomic mass is 9.92. The van der Waals surface area contributed by atoms with Crippen LogP contribution in [0.3, 0.4) is 0 Å². The van der Waals surface area contributed by atoms with Gasteiger partial charge in [-0.25, -0.2) is 4.79 Å². The lowest BCUT2D eigenvalue weighted by molar-refractivity contribution is -0.119. The number of anilines is 1. The minimum Gasteiger partial charge on any atom is -0.465 e. The van der Waals surface area contributed by atoms with E-state index in [9.17, 15) is 9.59 Å². The standard InChI is InChI=1S/C17H26N2O3/c1-10(2)13-7-6-8-14(11(3)4)15(13)19-16(20)12(5)9-18-17(21)22/h6-8,10-12,18H,9H2,1-5H3,(H,19,20)(H,21,22). The molecule has 1 rings (SSSR count). The number of para-hydroxylation sites is 1. The van der Waals surface area contributed by atoms with Gasteiger partial charge in [-0.3, -0.25) is 4.79 Å². The molecular weight excluding hydrogens is 280 g/mol. The maximum Gasteiger partial charge on any atom is 0.404 e. The molecule has 0 saturated heterocycles. The van der Waals surface area contributed by atoms with Crippen molar-refractivity contribution in [3.63, 3.8) is 0 Å². The molecule has 0 aliphatic rings. The van der Waals surface area contributed by atoms with Crippen LogP contribution in [0.15, 0.2) is 18.2 Å². The van der Waals surface area contributed by atoms with E-state index in [4.69, 9.17) is 5.11 Å². The molecule has 3 N–H and O–H groups in total. The summed E-state index contributed by atoms with van der Waals surface area (Å²) >= 11 is 0. The fourth-order valence-electron chi connectivity index (χ4n) is 2.27. The molecule has 0 heterocycles. The number of nitrogens with one attached hydrogen (secondary N) is 2. The molecule has 1 aromatic carbocycles. The van der Waals surface area contributed by atoms with Crippen LogP contribution in [0.25, 0.3) is 0 Å². The molecule has 22 heavy (non-hydrogen) atoms. The number of benzene rings is 1. The fourth-order valence-corrected chi connectivity index (χ4v) is 2.27. The number of carbonyl (C=O) groups is 2. The Morgan fingerprint density at radius 3 is 1.95 bits per heavy atom. The molecule has 0 saturated carbocycles. The highest BCUT2D eigenvalue weighted by molar-refractivity contribution is 5.94. The van der Waals surface area contributed by atoms with E-state index in [-0.39, 0.29) is 12.5 Å². The predicted octanol–water partition coefficient (Wildman–Crippen LogP) is 3.78. The van der Waals surface area contributed by atoms with E-state index in [1.165, 1.54) is 0 Å². The van der Waals surface area contributed by atoms with Crippen molar-refractivity contribution in [2.24, 2.45) is 5.92 Å². The highest BCUT2D eigenvalue weighted by Gasteiger charge is 2.19. The molecule has 122 valence electrons. The van der Waals surface area contributed by atoms with E-state index >= 15 is 0 Å². The SMILES string of the molecule is CC(CNC(=O)O)C(=O)Nc1c(C(C)C)cccc1C(C)C. The summed E-state index contributed by atoms with van der Waals surface area (Å²) in [7, 11) is 0. The largest absolute Gasteiger partial charge is 0.465 e. The van der Waals surface area contributed by atoms with Crippen molar-refractivity contribution in [3.8, 4) is 0 Å². The molecule has 1 aromatic rings. The minimum absolute atomic E-state index is 0.0992. The second-order valence-corrected chi connectivity index (χ2v) is 6.20. The first kappa shape index (κ1) is 18.0. The van der Waals surface area contributed by atoms with Crippen LogP contribution in [0.1, 0.15) is 57.6 Å². The van der Waals surface area contributed by atoms with Gasteiger partial charge in [-0.1, -0.05) is 52.8 Å². The van der Waals surface area contributed by atoms with Crippen LogP contribution in [0.4, 0.5) is 10.5 Å². The van der Waals surface area contributed by atoms with Gasteiger partial charge in [-0.2, -0.15) is 0 Å².